The van der Waals surface area contributed by atoms with Crippen LogP contribution in [0, 0.1) is 0 Å². The Balaban J connectivity index is 2.30. The predicted octanol–water partition coefficient (Wildman–Crippen LogP) is 2.82. The molecule has 20 heavy (non-hydrogen) atoms. The van der Waals surface area contributed by atoms with Crippen molar-refractivity contribution in [2.75, 3.05) is 4.72 Å². The van der Waals surface area contributed by atoms with Crippen LogP contribution in [0.4, 0.5) is 5.88 Å². The van der Waals surface area contributed by atoms with Crippen molar-refractivity contribution in [3.63, 3.8) is 0 Å². The van der Waals surface area contributed by atoms with Gasteiger partial charge in [-0.15, -0.1) is 0 Å². The van der Waals surface area contributed by atoms with Gasteiger partial charge in [-0.25, -0.2) is 18.1 Å². The molecule has 2 heterocycles. The number of hydrogen-bond donors (Lipinski definition) is 1. The van der Waals surface area contributed by atoms with E-state index in [4.69, 9.17) is 16.1 Å². The van der Waals surface area contributed by atoms with Gasteiger partial charge in [0.15, 0.2) is 0 Å². The number of sulfonamides is 1. The third kappa shape index (κ3) is 3.10. The van der Waals surface area contributed by atoms with E-state index in [0.717, 1.165) is 0 Å². The highest BCUT2D eigenvalue weighted by Gasteiger charge is 2.23. The molecule has 0 aliphatic carbocycles. The standard InChI is InChI=1S/C12H14ClN3O3S/c1-12(2,3)9-7-10(19-15-9)16-20(17,18)8-5-4-6-14-11(8)13/h4-7,16H,1-3H3. The maximum Gasteiger partial charge on any atom is 0.267 e. The second-order valence-corrected chi connectivity index (χ2v) is 7.23. The van der Waals surface area contributed by atoms with Gasteiger partial charge in [-0.05, 0) is 12.1 Å². The summed E-state index contributed by atoms with van der Waals surface area (Å²) in [6.45, 7) is 5.84. The zero-order valence-electron chi connectivity index (χ0n) is 11.2. The van der Waals surface area contributed by atoms with Crippen molar-refractivity contribution >= 4 is 27.5 Å². The molecule has 0 aliphatic heterocycles. The van der Waals surface area contributed by atoms with Crippen molar-refractivity contribution < 1.29 is 12.9 Å². The number of aromatic nitrogens is 2. The molecule has 0 radical (unpaired) electrons. The first-order chi connectivity index (χ1) is 9.20. The van der Waals surface area contributed by atoms with E-state index in [0.29, 0.717) is 5.69 Å². The highest BCUT2D eigenvalue weighted by Crippen LogP contribution is 2.26. The van der Waals surface area contributed by atoms with E-state index in [9.17, 15) is 8.42 Å². The molecule has 6 nitrogen and oxygen atoms in total. The molecule has 0 aromatic carbocycles. The molecule has 108 valence electrons. The highest BCUT2D eigenvalue weighted by atomic mass is 35.5. The molecule has 2 aromatic heterocycles. The predicted molar refractivity (Wildman–Crippen MR) is 75.3 cm³/mol. The zero-order valence-corrected chi connectivity index (χ0v) is 12.8. The number of halogens is 1. The maximum absolute atomic E-state index is 12.2. The number of rotatable bonds is 3. The van der Waals surface area contributed by atoms with Crippen molar-refractivity contribution in [3.8, 4) is 0 Å². The molecule has 0 amide bonds. The van der Waals surface area contributed by atoms with Crippen LogP contribution >= 0.6 is 11.6 Å². The smallest absolute Gasteiger partial charge is 0.267 e. The molecule has 0 aliphatic rings. The Morgan fingerprint density at radius 2 is 2.05 bits per heavy atom. The molecule has 0 spiro atoms. The summed E-state index contributed by atoms with van der Waals surface area (Å²) in [6, 6.07) is 4.39. The summed E-state index contributed by atoms with van der Waals surface area (Å²) in [5.41, 5.74) is 0.409. The van der Waals surface area contributed by atoms with Gasteiger partial charge in [0.25, 0.3) is 10.0 Å². The molecule has 1 N–H and O–H groups in total. The summed E-state index contributed by atoms with van der Waals surface area (Å²) in [5, 5.41) is 3.74. The molecular formula is C12H14ClN3O3S. The largest absolute Gasteiger partial charge is 0.338 e. The van der Waals surface area contributed by atoms with Crippen LogP contribution in [0.1, 0.15) is 26.5 Å². The summed E-state index contributed by atoms with van der Waals surface area (Å²) in [5.74, 6) is 0.0369. The normalized spacial score (nSPS) is 12.4. The molecule has 8 heteroatoms. The summed E-state index contributed by atoms with van der Waals surface area (Å²) in [4.78, 5) is 3.62. The molecule has 0 bridgehead atoms. The third-order valence-electron chi connectivity index (χ3n) is 2.53. The molecule has 2 aromatic rings. The average molecular weight is 316 g/mol. The van der Waals surface area contributed by atoms with E-state index >= 15 is 0 Å². The van der Waals surface area contributed by atoms with Gasteiger partial charge in [-0.1, -0.05) is 37.5 Å². The topological polar surface area (TPSA) is 85.1 Å². The first kappa shape index (κ1) is 14.8. The van der Waals surface area contributed by atoms with Crippen molar-refractivity contribution in [2.24, 2.45) is 0 Å². The van der Waals surface area contributed by atoms with Crippen LogP contribution in [0.3, 0.4) is 0 Å². The SMILES string of the molecule is CC(C)(C)c1cc(NS(=O)(=O)c2cccnc2Cl)on1. The third-order valence-corrected chi connectivity index (χ3v) is 4.32. The van der Waals surface area contributed by atoms with Crippen LogP contribution in [-0.4, -0.2) is 18.6 Å². The Kier molecular flexibility index (Phi) is 3.75. The molecule has 0 atom stereocenters. The number of anilines is 1. The van der Waals surface area contributed by atoms with Gasteiger partial charge < -0.3 is 4.52 Å². The Morgan fingerprint density at radius 3 is 2.60 bits per heavy atom. The minimum absolute atomic E-state index is 0.0369. The Labute approximate surface area is 122 Å². The average Bonchev–Trinajstić information content (AvgIpc) is 2.76. The van der Waals surface area contributed by atoms with Crippen LogP contribution in [-0.2, 0) is 15.4 Å². The molecule has 2 rings (SSSR count). The van der Waals surface area contributed by atoms with Gasteiger partial charge in [0.05, 0.1) is 5.69 Å². The van der Waals surface area contributed by atoms with Crippen molar-refractivity contribution in [2.45, 2.75) is 31.1 Å². The van der Waals surface area contributed by atoms with Gasteiger partial charge in [0.2, 0.25) is 5.88 Å². The van der Waals surface area contributed by atoms with Crippen molar-refractivity contribution in [1.29, 1.82) is 0 Å². The lowest BCUT2D eigenvalue weighted by Gasteiger charge is -2.12. The first-order valence-electron chi connectivity index (χ1n) is 5.81. The van der Waals surface area contributed by atoms with E-state index in [1.807, 2.05) is 20.8 Å². The van der Waals surface area contributed by atoms with Crippen LogP contribution in [0.25, 0.3) is 0 Å². The van der Waals surface area contributed by atoms with Crippen molar-refractivity contribution in [1.82, 2.24) is 10.1 Å². The summed E-state index contributed by atoms with van der Waals surface area (Å²) < 4.78 is 31.6. The van der Waals surface area contributed by atoms with E-state index in [1.54, 1.807) is 6.07 Å². The van der Waals surface area contributed by atoms with Crippen LogP contribution in [0.15, 0.2) is 33.8 Å². The second kappa shape index (κ2) is 5.06. The lowest BCUT2D eigenvalue weighted by atomic mass is 9.92. The molecular weight excluding hydrogens is 302 g/mol. The number of pyridine rings is 1. The van der Waals surface area contributed by atoms with E-state index in [1.165, 1.54) is 18.3 Å². The molecule has 0 unspecified atom stereocenters. The number of nitrogens with one attached hydrogen (secondary N) is 1. The lowest BCUT2D eigenvalue weighted by Crippen LogP contribution is -2.14. The quantitative estimate of drug-likeness (QED) is 0.880. The highest BCUT2D eigenvalue weighted by molar-refractivity contribution is 7.92. The van der Waals surface area contributed by atoms with Crippen molar-refractivity contribution in [3.05, 3.63) is 35.2 Å². The van der Waals surface area contributed by atoms with Crippen LogP contribution in [0.2, 0.25) is 5.15 Å². The number of nitrogens with zero attached hydrogens (tertiary/aromatic N) is 2. The van der Waals surface area contributed by atoms with Gasteiger partial charge in [-0.2, -0.15) is 0 Å². The Hall–Kier alpha value is -1.60. The fourth-order valence-corrected chi connectivity index (χ4v) is 2.86. The summed E-state index contributed by atoms with van der Waals surface area (Å²) in [7, 11) is -3.85. The maximum atomic E-state index is 12.2. The van der Waals surface area contributed by atoms with E-state index < -0.39 is 10.0 Å². The Morgan fingerprint density at radius 1 is 1.35 bits per heavy atom. The minimum atomic E-state index is -3.85. The first-order valence-corrected chi connectivity index (χ1v) is 7.67. The fraction of sp³-hybridized carbons (Fsp3) is 0.333. The van der Waals surface area contributed by atoms with Gasteiger partial charge in [0, 0.05) is 17.7 Å². The van der Waals surface area contributed by atoms with Gasteiger partial charge in [-0.3, -0.25) is 0 Å². The van der Waals surface area contributed by atoms with E-state index in [-0.39, 0.29) is 21.3 Å². The van der Waals surface area contributed by atoms with Crippen LogP contribution in [0.5, 0.6) is 0 Å². The van der Waals surface area contributed by atoms with Gasteiger partial charge in [0.1, 0.15) is 10.0 Å². The monoisotopic (exact) mass is 315 g/mol. The van der Waals surface area contributed by atoms with Gasteiger partial charge >= 0.3 is 0 Å². The Bertz CT molecular complexity index is 720. The second-order valence-electron chi connectivity index (χ2n) is 5.22. The van der Waals surface area contributed by atoms with Crippen LogP contribution < -0.4 is 4.72 Å². The summed E-state index contributed by atoms with van der Waals surface area (Å²) >= 11 is 5.78. The van der Waals surface area contributed by atoms with E-state index in [2.05, 4.69) is 14.9 Å². The minimum Gasteiger partial charge on any atom is -0.338 e. The fourth-order valence-electron chi connectivity index (χ4n) is 1.44. The number of hydrogen-bond acceptors (Lipinski definition) is 5. The molecule has 0 saturated heterocycles. The molecule has 0 saturated carbocycles. The molecule has 0 fully saturated rings. The zero-order chi connectivity index (χ0) is 15.0. The summed E-state index contributed by atoms with van der Waals surface area (Å²) in [6.07, 6.45) is 1.41. The lowest BCUT2D eigenvalue weighted by molar-refractivity contribution is 0.405.